The van der Waals surface area contributed by atoms with Gasteiger partial charge in [0.1, 0.15) is 13.2 Å². The minimum atomic E-state index is -2.34. The molecule has 9 heteroatoms. The Hall–Kier alpha value is -2.00. The second kappa shape index (κ2) is 7.27. The van der Waals surface area contributed by atoms with E-state index in [0.29, 0.717) is 63.0 Å². The molecule has 0 bridgehead atoms. The lowest BCUT2D eigenvalue weighted by molar-refractivity contribution is -0.385. The van der Waals surface area contributed by atoms with Crippen LogP contribution in [-0.2, 0) is 6.54 Å². The number of benzene rings is 1. The highest BCUT2D eigenvalue weighted by molar-refractivity contribution is 5.54. The van der Waals surface area contributed by atoms with Gasteiger partial charge in [-0.15, -0.1) is 0 Å². The Morgan fingerprint density at radius 3 is 2.25 bits per heavy atom. The predicted octanol–water partition coefficient (Wildman–Crippen LogP) is 1.75. The van der Waals surface area contributed by atoms with Crippen LogP contribution in [0.25, 0.3) is 0 Å². The number of rotatable bonds is 5. The zero-order chi connectivity index (χ0) is 17.1. The van der Waals surface area contributed by atoms with Crippen molar-refractivity contribution in [3.8, 4) is 11.5 Å². The van der Waals surface area contributed by atoms with E-state index in [0.717, 1.165) is 0 Å². The fourth-order valence-electron chi connectivity index (χ4n) is 2.98. The molecule has 2 aliphatic heterocycles. The lowest BCUT2D eigenvalue weighted by atomic mass is 10.1. The summed E-state index contributed by atoms with van der Waals surface area (Å²) >= 11 is 0. The summed E-state index contributed by atoms with van der Waals surface area (Å²) in [5.41, 5.74) is 0.542. The minimum Gasteiger partial charge on any atom is -0.486 e. The molecule has 0 radical (unpaired) electrons. The largest absolute Gasteiger partial charge is 0.486 e. The van der Waals surface area contributed by atoms with Crippen LogP contribution in [0.2, 0.25) is 0 Å². The quantitative estimate of drug-likeness (QED) is 0.599. The van der Waals surface area contributed by atoms with Crippen LogP contribution < -0.4 is 9.47 Å². The molecule has 1 aromatic carbocycles. The van der Waals surface area contributed by atoms with Crippen LogP contribution in [0, 0.1) is 10.1 Å². The number of alkyl halides is 2. The van der Waals surface area contributed by atoms with Gasteiger partial charge in [-0.1, -0.05) is 0 Å². The molecule has 132 valence electrons. The summed E-state index contributed by atoms with van der Waals surface area (Å²) < 4.78 is 35.7. The molecule has 1 aromatic rings. The van der Waals surface area contributed by atoms with Crippen LogP contribution in [0.15, 0.2) is 12.1 Å². The third-order valence-corrected chi connectivity index (χ3v) is 4.20. The fraction of sp³-hybridized carbons (Fsp3) is 0.600. The van der Waals surface area contributed by atoms with Gasteiger partial charge in [-0.05, 0) is 6.07 Å². The van der Waals surface area contributed by atoms with E-state index in [2.05, 4.69) is 0 Å². The molecule has 0 saturated carbocycles. The number of nitrogens with zero attached hydrogens (tertiary/aromatic N) is 3. The van der Waals surface area contributed by atoms with Crippen LogP contribution >= 0.6 is 0 Å². The Morgan fingerprint density at radius 1 is 1.08 bits per heavy atom. The molecule has 1 saturated heterocycles. The molecule has 0 spiro atoms. The van der Waals surface area contributed by atoms with Crippen molar-refractivity contribution < 1.29 is 23.2 Å². The number of fused-ring (bicyclic) bond motifs is 1. The summed E-state index contributed by atoms with van der Waals surface area (Å²) in [6, 6.07) is 3.05. The molecule has 1 fully saturated rings. The molecule has 0 amide bonds. The summed E-state index contributed by atoms with van der Waals surface area (Å²) in [6.45, 7) is 3.20. The first-order chi connectivity index (χ1) is 11.5. The lowest BCUT2D eigenvalue weighted by Crippen LogP contribution is -2.47. The molecular formula is C15H19F2N3O4. The van der Waals surface area contributed by atoms with Gasteiger partial charge in [0, 0.05) is 38.3 Å². The van der Waals surface area contributed by atoms with Gasteiger partial charge in [-0.3, -0.25) is 19.9 Å². The van der Waals surface area contributed by atoms with Gasteiger partial charge in [-0.2, -0.15) is 0 Å². The minimum absolute atomic E-state index is 0.00531. The lowest BCUT2D eigenvalue weighted by Gasteiger charge is -2.34. The maximum atomic E-state index is 12.4. The number of piperazine rings is 1. The van der Waals surface area contributed by atoms with Crippen LogP contribution in [-0.4, -0.2) is 67.1 Å². The van der Waals surface area contributed by atoms with Crippen molar-refractivity contribution in [2.75, 3.05) is 45.9 Å². The number of hydrogen-bond acceptors (Lipinski definition) is 6. The van der Waals surface area contributed by atoms with Crippen LogP contribution in [0.1, 0.15) is 5.56 Å². The Labute approximate surface area is 137 Å². The number of nitro benzene ring substituents is 1. The Bertz CT molecular complexity index is 607. The van der Waals surface area contributed by atoms with Crippen LogP contribution in [0.5, 0.6) is 11.5 Å². The van der Waals surface area contributed by atoms with Crippen molar-refractivity contribution in [3.63, 3.8) is 0 Å². The van der Waals surface area contributed by atoms with E-state index in [1.165, 1.54) is 6.07 Å². The van der Waals surface area contributed by atoms with Gasteiger partial charge in [0.25, 0.3) is 12.1 Å². The summed E-state index contributed by atoms with van der Waals surface area (Å²) in [4.78, 5) is 14.6. The Kier molecular flexibility index (Phi) is 5.10. The van der Waals surface area contributed by atoms with E-state index in [1.807, 2.05) is 4.90 Å². The summed E-state index contributed by atoms with van der Waals surface area (Å²) in [5.74, 6) is 0.900. The highest BCUT2D eigenvalue weighted by Crippen LogP contribution is 2.37. The van der Waals surface area contributed by atoms with Crippen molar-refractivity contribution in [2.45, 2.75) is 13.0 Å². The van der Waals surface area contributed by atoms with E-state index in [9.17, 15) is 18.9 Å². The number of ether oxygens (including phenoxy) is 2. The average molecular weight is 343 g/mol. The molecule has 7 nitrogen and oxygen atoms in total. The smallest absolute Gasteiger partial charge is 0.277 e. The van der Waals surface area contributed by atoms with Gasteiger partial charge in [0.05, 0.1) is 17.5 Å². The molecule has 3 rings (SSSR count). The van der Waals surface area contributed by atoms with Crippen molar-refractivity contribution in [1.82, 2.24) is 9.80 Å². The van der Waals surface area contributed by atoms with Gasteiger partial charge in [0.2, 0.25) is 0 Å². The molecule has 0 N–H and O–H groups in total. The second-order valence-electron chi connectivity index (χ2n) is 5.85. The third-order valence-electron chi connectivity index (χ3n) is 4.20. The fourth-order valence-corrected chi connectivity index (χ4v) is 2.98. The van der Waals surface area contributed by atoms with Gasteiger partial charge < -0.3 is 9.47 Å². The van der Waals surface area contributed by atoms with Crippen LogP contribution in [0.3, 0.4) is 0 Å². The first-order valence-corrected chi connectivity index (χ1v) is 7.82. The zero-order valence-corrected chi connectivity index (χ0v) is 13.1. The monoisotopic (exact) mass is 343 g/mol. The summed E-state index contributed by atoms with van der Waals surface area (Å²) in [7, 11) is 0. The maximum absolute atomic E-state index is 12.4. The van der Waals surface area contributed by atoms with Gasteiger partial charge in [-0.25, -0.2) is 8.78 Å². The van der Waals surface area contributed by atoms with E-state index < -0.39 is 11.3 Å². The molecule has 0 aromatic heterocycles. The van der Waals surface area contributed by atoms with E-state index >= 15 is 0 Å². The van der Waals surface area contributed by atoms with Gasteiger partial charge in [0.15, 0.2) is 11.5 Å². The molecular weight excluding hydrogens is 324 g/mol. The van der Waals surface area contributed by atoms with E-state index in [-0.39, 0.29) is 12.2 Å². The molecule has 0 atom stereocenters. The average Bonchev–Trinajstić information content (AvgIpc) is 2.55. The number of nitro groups is 1. The number of hydrogen-bond donors (Lipinski definition) is 0. The highest BCUT2D eigenvalue weighted by Gasteiger charge is 2.25. The summed E-state index contributed by atoms with van der Waals surface area (Å²) in [6.07, 6.45) is -2.34. The molecule has 2 heterocycles. The normalized spacial score (nSPS) is 18.8. The van der Waals surface area contributed by atoms with Crippen molar-refractivity contribution in [1.29, 1.82) is 0 Å². The standard InChI is InChI=1S/C15H19F2N3O4/c16-15(17)10-19-3-1-18(2-4-19)9-11-7-13-14(24-6-5-23-13)8-12(11)20(21)22/h7-8,15H,1-6,9-10H2. The van der Waals surface area contributed by atoms with Gasteiger partial charge >= 0.3 is 0 Å². The zero-order valence-electron chi connectivity index (χ0n) is 13.1. The third kappa shape index (κ3) is 3.90. The summed E-state index contributed by atoms with van der Waals surface area (Å²) in [5, 5.41) is 11.3. The topological polar surface area (TPSA) is 68.1 Å². The molecule has 2 aliphatic rings. The van der Waals surface area contributed by atoms with Crippen molar-refractivity contribution in [2.24, 2.45) is 0 Å². The second-order valence-corrected chi connectivity index (χ2v) is 5.85. The Balaban J connectivity index is 1.69. The van der Waals surface area contributed by atoms with Crippen LogP contribution in [0.4, 0.5) is 14.5 Å². The number of halogens is 2. The van der Waals surface area contributed by atoms with Crippen molar-refractivity contribution in [3.05, 3.63) is 27.8 Å². The molecule has 0 unspecified atom stereocenters. The first kappa shape index (κ1) is 16.8. The predicted molar refractivity (Wildman–Crippen MR) is 81.8 cm³/mol. The first-order valence-electron chi connectivity index (χ1n) is 7.82. The molecule has 0 aliphatic carbocycles. The maximum Gasteiger partial charge on any atom is 0.277 e. The molecule has 24 heavy (non-hydrogen) atoms. The van der Waals surface area contributed by atoms with E-state index in [4.69, 9.17) is 9.47 Å². The Morgan fingerprint density at radius 2 is 1.67 bits per heavy atom. The highest BCUT2D eigenvalue weighted by atomic mass is 19.3. The van der Waals surface area contributed by atoms with Crippen molar-refractivity contribution >= 4 is 5.69 Å². The van der Waals surface area contributed by atoms with E-state index in [1.54, 1.807) is 11.0 Å². The SMILES string of the molecule is O=[N+]([O-])c1cc2c(cc1CN1CCN(CC(F)F)CC1)OCCO2.